The molecule has 0 aliphatic rings. The minimum atomic E-state index is -1.35. The number of halogens is 3. The molecule has 3 aromatic rings. The van der Waals surface area contributed by atoms with E-state index in [0.717, 1.165) is 51.7 Å². The van der Waals surface area contributed by atoms with E-state index in [1.54, 1.807) is 6.92 Å². The fourth-order valence-corrected chi connectivity index (χ4v) is 4.18. The third kappa shape index (κ3) is 9.39. The van der Waals surface area contributed by atoms with Crippen LogP contribution in [0.2, 0.25) is 0 Å². The number of alkyl halides is 1. The molecule has 200 valence electrons. The molecule has 0 heterocycles. The summed E-state index contributed by atoms with van der Waals surface area (Å²) in [6, 6.07) is 19.2. The highest BCUT2D eigenvalue weighted by Gasteiger charge is 2.13. The first kappa shape index (κ1) is 30.7. The van der Waals surface area contributed by atoms with Crippen LogP contribution in [0.15, 0.2) is 89.5 Å². The van der Waals surface area contributed by atoms with Gasteiger partial charge in [0.1, 0.15) is 11.6 Å². The Morgan fingerprint density at radius 3 is 2.37 bits per heavy atom. The van der Waals surface area contributed by atoms with Gasteiger partial charge >= 0.3 is 0 Å². The van der Waals surface area contributed by atoms with Gasteiger partial charge in [-0.05, 0) is 78.4 Å². The summed E-state index contributed by atoms with van der Waals surface area (Å²) >= 11 is 1.09. The molecule has 2 unspecified atom stereocenters. The summed E-state index contributed by atoms with van der Waals surface area (Å²) < 4.78 is 44.0. The van der Waals surface area contributed by atoms with Crippen molar-refractivity contribution in [2.24, 2.45) is 5.92 Å². The van der Waals surface area contributed by atoms with Crippen LogP contribution >= 0.6 is 11.9 Å². The number of hydrogen-bond acceptors (Lipinski definition) is 3. The second-order valence-electron chi connectivity index (χ2n) is 8.52. The van der Waals surface area contributed by atoms with E-state index in [0.29, 0.717) is 11.4 Å². The predicted molar refractivity (Wildman–Crippen MR) is 156 cm³/mol. The van der Waals surface area contributed by atoms with Gasteiger partial charge in [0.25, 0.3) is 0 Å². The van der Waals surface area contributed by atoms with Crippen LogP contribution in [0.4, 0.5) is 18.9 Å². The van der Waals surface area contributed by atoms with Gasteiger partial charge in [0.2, 0.25) is 0 Å². The number of rotatable bonds is 10. The van der Waals surface area contributed by atoms with Crippen molar-refractivity contribution < 1.29 is 13.2 Å². The van der Waals surface area contributed by atoms with Gasteiger partial charge in [-0.15, -0.1) is 6.42 Å². The highest BCUT2D eigenvalue weighted by Crippen LogP contribution is 2.26. The average molecular weight is 537 g/mol. The summed E-state index contributed by atoms with van der Waals surface area (Å²) in [5, 5.41) is 3.40. The topological polar surface area (TPSA) is 24.1 Å². The quantitative estimate of drug-likeness (QED) is 0.153. The Bertz CT molecular complexity index is 1280. The van der Waals surface area contributed by atoms with Gasteiger partial charge in [-0.2, -0.15) is 0 Å². The fraction of sp³-hybridized carbons (Fsp3) is 0.250. The highest BCUT2D eigenvalue weighted by molar-refractivity contribution is 8.00. The van der Waals surface area contributed by atoms with Crippen molar-refractivity contribution in [3.05, 3.63) is 113 Å². The van der Waals surface area contributed by atoms with Gasteiger partial charge < -0.3 is 10.0 Å². The molecular weight excluding hydrogens is 501 g/mol. The zero-order valence-corrected chi connectivity index (χ0v) is 23.3. The second kappa shape index (κ2) is 15.6. The minimum absolute atomic E-state index is 0.316. The zero-order chi connectivity index (χ0) is 28.1. The smallest absolute Gasteiger partial charge is 0.166 e. The number of hydrogen-bond donors (Lipinski definition) is 2. The number of allylic oxidation sites excluding steroid dienone is 4. The maximum absolute atomic E-state index is 14.1. The molecule has 0 saturated carbocycles. The molecule has 0 spiro atoms. The van der Waals surface area contributed by atoms with E-state index in [9.17, 15) is 13.2 Å². The van der Waals surface area contributed by atoms with E-state index in [4.69, 9.17) is 6.42 Å². The van der Waals surface area contributed by atoms with Crippen LogP contribution in [0.1, 0.15) is 44.4 Å². The van der Waals surface area contributed by atoms with Gasteiger partial charge in [0.15, 0.2) is 6.17 Å². The number of benzene rings is 3. The predicted octanol–water partition coefficient (Wildman–Crippen LogP) is 9.10. The maximum Gasteiger partial charge on any atom is 0.166 e. The Kier molecular flexibility index (Phi) is 12.6. The molecule has 6 heteroatoms. The molecule has 2 atom stereocenters. The molecule has 0 fully saturated rings. The lowest BCUT2D eigenvalue weighted by molar-refractivity contribution is 0.349. The number of anilines is 1. The van der Waals surface area contributed by atoms with E-state index in [-0.39, 0.29) is 0 Å². The maximum atomic E-state index is 14.1. The molecule has 0 radical (unpaired) electrons. The summed E-state index contributed by atoms with van der Waals surface area (Å²) in [7, 11) is 0. The molecule has 0 bridgehead atoms. The summed E-state index contributed by atoms with van der Waals surface area (Å²) in [4.78, 5) is 0.316. The molecule has 0 saturated heterocycles. The molecule has 3 rings (SSSR count). The lowest BCUT2D eigenvalue weighted by atomic mass is 9.94. The first-order valence-electron chi connectivity index (χ1n) is 12.5. The zero-order valence-electron chi connectivity index (χ0n) is 22.5. The largest absolute Gasteiger partial charge is 0.384 e. The van der Waals surface area contributed by atoms with E-state index in [2.05, 4.69) is 16.0 Å². The molecule has 3 aromatic carbocycles. The van der Waals surface area contributed by atoms with Crippen LogP contribution < -0.4 is 10.0 Å². The van der Waals surface area contributed by atoms with Crippen LogP contribution in [-0.2, 0) is 6.54 Å². The van der Waals surface area contributed by atoms with Crippen molar-refractivity contribution in [2.45, 2.75) is 52.2 Å². The van der Waals surface area contributed by atoms with Gasteiger partial charge in [0, 0.05) is 29.9 Å². The fourth-order valence-electron chi connectivity index (χ4n) is 3.52. The van der Waals surface area contributed by atoms with Crippen molar-refractivity contribution >= 4 is 23.2 Å². The molecule has 0 amide bonds. The molecule has 0 aromatic heterocycles. The van der Waals surface area contributed by atoms with E-state index in [1.165, 1.54) is 12.1 Å². The molecule has 0 aliphatic heterocycles. The van der Waals surface area contributed by atoms with Crippen LogP contribution in [0.25, 0.3) is 5.57 Å². The number of aryl methyl sites for hydroxylation is 1. The molecular formula is C32H35F3N2S. The van der Waals surface area contributed by atoms with Gasteiger partial charge in [-0.3, -0.25) is 0 Å². The Balaban J connectivity index is 0.00000247. The Labute approximate surface area is 229 Å². The van der Waals surface area contributed by atoms with Crippen molar-refractivity contribution in [1.29, 1.82) is 0 Å². The lowest BCUT2D eigenvalue weighted by Gasteiger charge is -2.14. The van der Waals surface area contributed by atoms with Crippen molar-refractivity contribution in [1.82, 2.24) is 5.32 Å². The summed E-state index contributed by atoms with van der Waals surface area (Å²) in [5.41, 5.74) is 5.81. The molecule has 38 heavy (non-hydrogen) atoms. The highest BCUT2D eigenvalue weighted by atomic mass is 32.2. The second-order valence-corrected chi connectivity index (χ2v) is 9.37. The Morgan fingerprint density at radius 1 is 1.05 bits per heavy atom. The van der Waals surface area contributed by atoms with Gasteiger partial charge in [-0.1, -0.05) is 69.2 Å². The van der Waals surface area contributed by atoms with Crippen molar-refractivity contribution in [3.8, 4) is 12.3 Å². The first-order chi connectivity index (χ1) is 18.3. The average Bonchev–Trinajstić information content (AvgIpc) is 2.92. The van der Waals surface area contributed by atoms with Crippen molar-refractivity contribution in [3.63, 3.8) is 0 Å². The Morgan fingerprint density at radius 2 is 1.74 bits per heavy atom. The van der Waals surface area contributed by atoms with Gasteiger partial charge in [-0.25, -0.2) is 13.2 Å². The van der Waals surface area contributed by atoms with Crippen LogP contribution in [0, 0.1) is 36.8 Å². The van der Waals surface area contributed by atoms with Crippen molar-refractivity contribution in [2.75, 3.05) is 4.72 Å². The van der Waals surface area contributed by atoms with Crippen LogP contribution in [0.3, 0.4) is 0 Å². The third-order valence-electron chi connectivity index (χ3n) is 5.59. The van der Waals surface area contributed by atoms with Crippen LogP contribution in [-0.4, -0.2) is 6.17 Å². The van der Waals surface area contributed by atoms with E-state index >= 15 is 0 Å². The Hall–Kier alpha value is -3.56. The summed E-state index contributed by atoms with van der Waals surface area (Å²) in [6.07, 6.45) is 7.81. The van der Waals surface area contributed by atoms with E-state index in [1.807, 2.05) is 88.4 Å². The number of terminal acetylenes is 1. The summed E-state index contributed by atoms with van der Waals surface area (Å²) in [5.74, 6) is 0.545. The lowest BCUT2D eigenvalue weighted by Crippen LogP contribution is -2.11. The normalized spacial score (nSPS) is 13.0. The van der Waals surface area contributed by atoms with E-state index < -0.39 is 23.7 Å². The minimum Gasteiger partial charge on any atom is -0.384 e. The van der Waals surface area contributed by atoms with Gasteiger partial charge in [0.05, 0.1) is 4.90 Å². The third-order valence-corrected chi connectivity index (χ3v) is 6.48. The monoisotopic (exact) mass is 536 g/mol. The first-order valence-corrected chi connectivity index (χ1v) is 13.4. The van der Waals surface area contributed by atoms with Crippen LogP contribution in [0.5, 0.6) is 0 Å². The molecule has 0 aliphatic carbocycles. The number of nitrogens with one attached hydrogen (secondary N) is 2. The molecule has 2 nitrogen and oxygen atoms in total. The SMILES string of the molecule is C#CC(F)C(C)/C=C(\C=C(/C)NCc1ccc(NSc2ccc(F)cc2F)cc1)c1ccccc1C.CC. The standard InChI is InChI=1S/C30H29F3N2S.C2H6/c1-5-28(32)21(3)16-24(27-9-7-6-8-20(27)2)17-22(4)34-19-23-10-13-26(14-11-23)35-36-30-15-12-25(31)18-29(30)33;1-2/h1,6-18,21,28,34-35H,19H2,2-4H3;1-2H3/b22-17+,24-16+;. The molecule has 2 N–H and O–H groups in total. The summed E-state index contributed by atoms with van der Waals surface area (Å²) in [6.45, 7) is 10.4.